The van der Waals surface area contributed by atoms with Crippen LogP contribution in [0.1, 0.15) is 17.5 Å². The minimum Gasteiger partial charge on any atom is -0.493 e. The minimum absolute atomic E-state index is 0.508. The van der Waals surface area contributed by atoms with Gasteiger partial charge in [0.1, 0.15) is 12.0 Å². The van der Waals surface area contributed by atoms with Crippen LogP contribution in [0, 0.1) is 0 Å². The second kappa shape index (κ2) is 5.82. The third-order valence-electron chi connectivity index (χ3n) is 3.14. The topological polar surface area (TPSA) is 29.5 Å². The Kier molecular flexibility index (Phi) is 4.15. The lowest BCUT2D eigenvalue weighted by Crippen LogP contribution is -2.23. The molecule has 0 saturated heterocycles. The van der Waals surface area contributed by atoms with Crippen molar-refractivity contribution in [1.82, 2.24) is 4.90 Å². The van der Waals surface area contributed by atoms with Gasteiger partial charge in [-0.25, -0.2) is 0 Å². The third kappa shape index (κ3) is 3.30. The summed E-state index contributed by atoms with van der Waals surface area (Å²) >= 11 is 0. The number of rotatable bonds is 5. The Bertz CT molecular complexity index is 390. The highest BCUT2D eigenvalue weighted by Crippen LogP contribution is 2.25. The Morgan fingerprint density at radius 1 is 1.47 bits per heavy atom. The first-order valence-electron chi connectivity index (χ1n) is 6.16. The third-order valence-corrected chi connectivity index (χ3v) is 3.14. The number of ether oxygens (including phenoxy) is 1. The summed E-state index contributed by atoms with van der Waals surface area (Å²) in [7, 11) is 1.97. The Labute approximate surface area is 102 Å². The predicted molar refractivity (Wildman–Crippen MR) is 67.5 cm³/mol. The van der Waals surface area contributed by atoms with E-state index in [9.17, 15) is 4.79 Å². The van der Waals surface area contributed by atoms with Crippen molar-refractivity contribution < 1.29 is 9.53 Å². The molecule has 0 atom stereocenters. The smallest absolute Gasteiger partial charge is 0.133 e. The van der Waals surface area contributed by atoms with E-state index in [4.69, 9.17) is 4.74 Å². The van der Waals surface area contributed by atoms with Crippen LogP contribution in [-0.2, 0) is 17.6 Å². The number of carbonyl (C=O) groups excluding carboxylic acids is 1. The van der Waals surface area contributed by atoms with Gasteiger partial charge in [0.15, 0.2) is 0 Å². The first-order valence-corrected chi connectivity index (χ1v) is 6.16. The molecule has 0 fully saturated rings. The fourth-order valence-corrected chi connectivity index (χ4v) is 2.11. The fourth-order valence-electron chi connectivity index (χ4n) is 2.11. The molecular formula is C14H19NO2. The maximum atomic E-state index is 10.4. The number of carbonyl (C=O) groups is 1. The lowest BCUT2D eigenvalue weighted by atomic mass is 10.0. The first kappa shape index (κ1) is 12.1. The van der Waals surface area contributed by atoms with Gasteiger partial charge in [-0.2, -0.15) is 0 Å². The van der Waals surface area contributed by atoms with E-state index in [1.165, 1.54) is 11.1 Å². The average Bonchev–Trinajstić information content (AvgIpc) is 2.36. The molecule has 0 bridgehead atoms. The molecule has 1 aromatic rings. The van der Waals surface area contributed by atoms with Crippen LogP contribution in [0.2, 0.25) is 0 Å². The van der Waals surface area contributed by atoms with Gasteiger partial charge < -0.3 is 9.53 Å². The molecule has 0 radical (unpaired) electrons. The Hall–Kier alpha value is -1.35. The molecule has 3 nitrogen and oxygen atoms in total. The molecule has 17 heavy (non-hydrogen) atoms. The van der Waals surface area contributed by atoms with Crippen LogP contribution in [0.3, 0.4) is 0 Å². The largest absolute Gasteiger partial charge is 0.493 e. The van der Waals surface area contributed by atoms with Gasteiger partial charge in [-0.1, -0.05) is 12.1 Å². The summed E-state index contributed by atoms with van der Waals surface area (Å²) in [6, 6.07) is 6.44. The van der Waals surface area contributed by atoms with E-state index >= 15 is 0 Å². The van der Waals surface area contributed by atoms with Crippen LogP contribution in [0.5, 0.6) is 5.75 Å². The van der Waals surface area contributed by atoms with Gasteiger partial charge in [0.25, 0.3) is 0 Å². The van der Waals surface area contributed by atoms with Gasteiger partial charge >= 0.3 is 0 Å². The van der Waals surface area contributed by atoms with Crippen molar-refractivity contribution in [3.05, 3.63) is 29.3 Å². The fraction of sp³-hybridized carbons (Fsp3) is 0.500. The standard InChI is InChI=1S/C14H19NO2/c1-15(8-9-16)7-6-12-4-5-14-13(11-12)3-2-10-17-14/h4-5,9,11H,2-3,6-8,10H2,1H3. The summed E-state index contributed by atoms with van der Waals surface area (Å²) in [6.07, 6.45) is 4.16. The number of hydrogen-bond acceptors (Lipinski definition) is 3. The van der Waals surface area contributed by atoms with Crippen LogP contribution in [0.4, 0.5) is 0 Å². The molecular weight excluding hydrogens is 214 g/mol. The van der Waals surface area contributed by atoms with E-state index < -0.39 is 0 Å². The molecule has 0 aromatic heterocycles. The molecule has 0 unspecified atom stereocenters. The number of aryl methyl sites for hydroxylation is 1. The Morgan fingerprint density at radius 3 is 3.18 bits per heavy atom. The Balaban J connectivity index is 1.95. The van der Waals surface area contributed by atoms with Crippen molar-refractivity contribution in [2.75, 3.05) is 26.7 Å². The summed E-state index contributed by atoms with van der Waals surface area (Å²) in [5, 5.41) is 0. The van der Waals surface area contributed by atoms with E-state index in [-0.39, 0.29) is 0 Å². The molecule has 3 heteroatoms. The molecule has 0 spiro atoms. The molecule has 0 amide bonds. The van der Waals surface area contributed by atoms with Gasteiger partial charge in [0, 0.05) is 6.54 Å². The molecule has 1 aromatic carbocycles. The zero-order chi connectivity index (χ0) is 12.1. The highest BCUT2D eigenvalue weighted by Gasteiger charge is 2.10. The number of likely N-dealkylation sites (N-methyl/N-ethyl adjacent to an activating group) is 1. The lowest BCUT2D eigenvalue weighted by molar-refractivity contribution is -0.108. The van der Waals surface area contributed by atoms with Crippen LogP contribution in [0.15, 0.2) is 18.2 Å². The quantitative estimate of drug-likeness (QED) is 0.725. The average molecular weight is 233 g/mol. The molecule has 0 aliphatic carbocycles. The van der Waals surface area contributed by atoms with E-state index in [0.29, 0.717) is 6.54 Å². The first-order chi connectivity index (χ1) is 8.29. The van der Waals surface area contributed by atoms with E-state index in [0.717, 1.165) is 44.4 Å². The zero-order valence-electron chi connectivity index (χ0n) is 10.3. The number of benzene rings is 1. The van der Waals surface area contributed by atoms with Crippen LogP contribution in [0.25, 0.3) is 0 Å². The van der Waals surface area contributed by atoms with Crippen LogP contribution in [-0.4, -0.2) is 37.9 Å². The van der Waals surface area contributed by atoms with E-state index in [2.05, 4.69) is 18.2 Å². The van der Waals surface area contributed by atoms with Crippen molar-refractivity contribution >= 4 is 6.29 Å². The van der Waals surface area contributed by atoms with Gasteiger partial charge in [-0.05, 0) is 43.5 Å². The van der Waals surface area contributed by atoms with Crippen LogP contribution >= 0.6 is 0 Å². The molecule has 2 rings (SSSR count). The van der Waals surface area contributed by atoms with E-state index in [1.807, 2.05) is 11.9 Å². The Morgan fingerprint density at radius 2 is 2.35 bits per heavy atom. The summed E-state index contributed by atoms with van der Waals surface area (Å²) in [4.78, 5) is 12.4. The molecule has 0 saturated carbocycles. The van der Waals surface area contributed by atoms with Gasteiger partial charge in [0.05, 0.1) is 13.2 Å². The number of aldehydes is 1. The number of fused-ring (bicyclic) bond motifs is 1. The van der Waals surface area contributed by atoms with Gasteiger partial charge in [-0.15, -0.1) is 0 Å². The molecule has 1 aliphatic heterocycles. The minimum atomic E-state index is 0.508. The molecule has 0 N–H and O–H groups in total. The summed E-state index contributed by atoms with van der Waals surface area (Å²) < 4.78 is 5.59. The van der Waals surface area contributed by atoms with Crippen molar-refractivity contribution in [2.45, 2.75) is 19.3 Å². The molecule has 1 aliphatic rings. The van der Waals surface area contributed by atoms with Crippen molar-refractivity contribution in [3.8, 4) is 5.75 Å². The molecule has 1 heterocycles. The maximum Gasteiger partial charge on any atom is 0.133 e. The van der Waals surface area contributed by atoms with Crippen LogP contribution < -0.4 is 4.74 Å². The second-order valence-corrected chi connectivity index (χ2v) is 4.57. The van der Waals surface area contributed by atoms with Crippen molar-refractivity contribution in [2.24, 2.45) is 0 Å². The van der Waals surface area contributed by atoms with E-state index in [1.54, 1.807) is 0 Å². The second-order valence-electron chi connectivity index (χ2n) is 4.57. The van der Waals surface area contributed by atoms with Gasteiger partial charge in [0.2, 0.25) is 0 Å². The number of nitrogens with zero attached hydrogens (tertiary/aromatic N) is 1. The summed E-state index contributed by atoms with van der Waals surface area (Å²) in [5.74, 6) is 1.04. The monoisotopic (exact) mass is 233 g/mol. The number of hydrogen-bond donors (Lipinski definition) is 0. The lowest BCUT2D eigenvalue weighted by Gasteiger charge is -2.18. The predicted octanol–water partition coefficient (Wildman–Crippen LogP) is 1.68. The summed E-state index contributed by atoms with van der Waals surface area (Å²) in [5.41, 5.74) is 2.65. The normalized spacial score (nSPS) is 14.2. The van der Waals surface area contributed by atoms with Crippen molar-refractivity contribution in [3.63, 3.8) is 0 Å². The highest BCUT2D eigenvalue weighted by molar-refractivity contribution is 5.51. The van der Waals surface area contributed by atoms with Crippen molar-refractivity contribution in [1.29, 1.82) is 0 Å². The maximum absolute atomic E-state index is 10.4. The molecule has 92 valence electrons. The highest BCUT2D eigenvalue weighted by atomic mass is 16.5. The summed E-state index contributed by atoms with van der Waals surface area (Å²) in [6.45, 7) is 2.26. The SMILES string of the molecule is CN(CC=O)CCc1ccc2c(c1)CCCO2. The van der Waals surface area contributed by atoms with Gasteiger partial charge in [-0.3, -0.25) is 4.90 Å². The zero-order valence-corrected chi connectivity index (χ0v) is 10.3.